The topological polar surface area (TPSA) is 121 Å². The van der Waals surface area contributed by atoms with Crippen LogP contribution in [0, 0.1) is 5.92 Å². The molecule has 1 saturated heterocycles. The van der Waals surface area contributed by atoms with Crippen LogP contribution >= 0.6 is 11.7 Å². The molecule has 11 heteroatoms. The molecule has 0 spiro atoms. The third kappa shape index (κ3) is 5.21. The predicted octanol–water partition coefficient (Wildman–Crippen LogP) is 1.91. The molecule has 1 atom stereocenters. The van der Waals surface area contributed by atoms with E-state index in [2.05, 4.69) is 19.4 Å². The monoisotopic (exact) mass is 487 g/mol. The molecule has 1 unspecified atom stereocenters. The summed E-state index contributed by atoms with van der Waals surface area (Å²) in [6.45, 7) is 2.48. The Morgan fingerprint density at radius 3 is 2.55 bits per heavy atom. The van der Waals surface area contributed by atoms with Crippen molar-refractivity contribution in [2.75, 3.05) is 13.1 Å². The molecule has 1 aromatic heterocycles. The Labute approximate surface area is 196 Å². The molecule has 1 aliphatic heterocycles. The van der Waals surface area contributed by atoms with Crippen molar-refractivity contribution in [3.05, 3.63) is 54.1 Å². The van der Waals surface area contributed by atoms with Gasteiger partial charge in [0.25, 0.3) is 0 Å². The van der Waals surface area contributed by atoms with E-state index >= 15 is 0 Å². The van der Waals surface area contributed by atoms with E-state index in [0.29, 0.717) is 30.4 Å². The van der Waals surface area contributed by atoms with E-state index in [1.807, 2.05) is 30.3 Å². The van der Waals surface area contributed by atoms with Gasteiger partial charge < -0.3 is 10.6 Å². The highest BCUT2D eigenvalue weighted by Crippen LogP contribution is 2.28. The number of nitrogens with zero attached hydrogens (tertiary/aromatic N) is 3. The molecule has 2 amide bonds. The normalized spacial score (nSPS) is 16.4. The number of aromatic nitrogens is 2. The highest BCUT2D eigenvalue weighted by atomic mass is 32.2. The van der Waals surface area contributed by atoms with Gasteiger partial charge in [-0.3, -0.25) is 9.59 Å². The van der Waals surface area contributed by atoms with E-state index in [-0.39, 0.29) is 35.7 Å². The number of hydrogen-bond acceptors (Lipinski definition) is 7. The lowest BCUT2D eigenvalue weighted by Gasteiger charge is -2.31. The van der Waals surface area contributed by atoms with Crippen molar-refractivity contribution in [3.63, 3.8) is 0 Å². The van der Waals surface area contributed by atoms with Crippen LogP contribution in [-0.4, -0.2) is 52.4 Å². The molecule has 9 nitrogen and oxygen atoms in total. The van der Waals surface area contributed by atoms with Gasteiger partial charge in [0.05, 0.1) is 11.7 Å². The molecular formula is C22H25N5O4S2. The number of sulfonamides is 1. The van der Waals surface area contributed by atoms with Crippen LogP contribution in [0.15, 0.2) is 53.4 Å². The molecule has 2 N–H and O–H groups in total. The smallest absolute Gasteiger partial charge is 0.245 e. The highest BCUT2D eigenvalue weighted by molar-refractivity contribution is 7.89. The van der Waals surface area contributed by atoms with Gasteiger partial charge in [0.15, 0.2) is 0 Å². The summed E-state index contributed by atoms with van der Waals surface area (Å²) in [5.41, 5.74) is 1.90. The lowest BCUT2D eigenvalue weighted by Crippen LogP contribution is -2.49. The summed E-state index contributed by atoms with van der Waals surface area (Å²) in [5, 5.41) is 5.57. The Balaban J connectivity index is 1.30. The summed E-state index contributed by atoms with van der Waals surface area (Å²) < 4.78 is 35.9. The van der Waals surface area contributed by atoms with Crippen molar-refractivity contribution in [1.29, 1.82) is 0 Å². The number of rotatable bonds is 7. The van der Waals surface area contributed by atoms with Crippen LogP contribution in [0.25, 0.3) is 11.0 Å². The van der Waals surface area contributed by atoms with Crippen LogP contribution in [0.3, 0.4) is 0 Å². The van der Waals surface area contributed by atoms with Crippen molar-refractivity contribution < 1.29 is 18.0 Å². The van der Waals surface area contributed by atoms with E-state index in [1.165, 1.54) is 10.4 Å². The minimum atomic E-state index is -3.74. The fourth-order valence-electron chi connectivity index (χ4n) is 3.82. The molecule has 0 bridgehead atoms. The van der Waals surface area contributed by atoms with Gasteiger partial charge in [-0.05, 0) is 37.5 Å². The van der Waals surface area contributed by atoms with Crippen LogP contribution in [-0.2, 0) is 26.2 Å². The molecule has 0 saturated carbocycles. The first-order valence-corrected chi connectivity index (χ1v) is 12.9. The minimum absolute atomic E-state index is 0.139. The average molecular weight is 488 g/mol. The number of carbonyl (C=O) groups is 2. The summed E-state index contributed by atoms with van der Waals surface area (Å²) >= 11 is 0.976. The maximum atomic E-state index is 13.1. The van der Waals surface area contributed by atoms with Crippen LogP contribution in [0.5, 0.6) is 0 Å². The summed E-state index contributed by atoms with van der Waals surface area (Å²) in [5.74, 6) is -0.852. The van der Waals surface area contributed by atoms with E-state index < -0.39 is 16.1 Å². The first-order valence-electron chi connectivity index (χ1n) is 10.7. The summed E-state index contributed by atoms with van der Waals surface area (Å²) in [6, 6.07) is 13.8. The second-order valence-corrected chi connectivity index (χ2v) is 10.4. The van der Waals surface area contributed by atoms with Crippen molar-refractivity contribution in [1.82, 2.24) is 23.7 Å². The fraction of sp³-hybridized carbons (Fsp3) is 0.364. The molecule has 2 aromatic carbocycles. The first kappa shape index (κ1) is 23.3. The third-order valence-electron chi connectivity index (χ3n) is 5.75. The number of piperidine rings is 1. The second-order valence-electron chi connectivity index (χ2n) is 8.00. The fourth-order valence-corrected chi connectivity index (χ4v) is 6.04. The van der Waals surface area contributed by atoms with Gasteiger partial charge in [-0.2, -0.15) is 13.1 Å². The van der Waals surface area contributed by atoms with E-state index in [0.717, 1.165) is 17.3 Å². The highest BCUT2D eigenvalue weighted by Gasteiger charge is 2.34. The molecule has 2 heterocycles. The maximum absolute atomic E-state index is 13.1. The molecule has 33 heavy (non-hydrogen) atoms. The van der Waals surface area contributed by atoms with Gasteiger partial charge in [-0.25, -0.2) is 8.42 Å². The standard InChI is InChI=1S/C22H25N5O4S2/c1-15(21(28)23-14-16-6-3-2-4-7-16)24-22(29)17-10-12-27(13-11-17)33(30,31)19-9-5-8-18-20(19)26-32-25-18/h2-9,15,17H,10-14H2,1H3,(H,23,28)(H,24,29). The Bertz CT molecular complexity index is 1240. The van der Waals surface area contributed by atoms with E-state index in [4.69, 9.17) is 0 Å². The lowest BCUT2D eigenvalue weighted by atomic mass is 9.97. The molecule has 4 rings (SSSR count). The molecule has 1 fully saturated rings. The van der Waals surface area contributed by atoms with Gasteiger partial charge in [-0.1, -0.05) is 36.4 Å². The predicted molar refractivity (Wildman–Crippen MR) is 125 cm³/mol. The quantitative estimate of drug-likeness (QED) is 0.525. The second kappa shape index (κ2) is 9.94. The van der Waals surface area contributed by atoms with E-state index in [9.17, 15) is 18.0 Å². The molecule has 3 aromatic rings. The zero-order chi connectivity index (χ0) is 23.4. The van der Waals surface area contributed by atoms with Crippen LogP contribution in [0.1, 0.15) is 25.3 Å². The molecule has 174 valence electrons. The van der Waals surface area contributed by atoms with Gasteiger partial charge in [-0.15, -0.1) is 0 Å². The zero-order valence-electron chi connectivity index (χ0n) is 18.1. The first-order chi connectivity index (χ1) is 15.9. The number of carbonyl (C=O) groups excluding carboxylic acids is 2. The van der Waals surface area contributed by atoms with Crippen molar-refractivity contribution in [2.24, 2.45) is 5.92 Å². The van der Waals surface area contributed by atoms with Crippen LogP contribution in [0.2, 0.25) is 0 Å². The summed E-state index contributed by atoms with van der Waals surface area (Å²) in [7, 11) is -3.74. The third-order valence-corrected chi connectivity index (χ3v) is 8.23. The lowest BCUT2D eigenvalue weighted by molar-refractivity contribution is -0.131. The number of amides is 2. The Hall–Kier alpha value is -2.89. The van der Waals surface area contributed by atoms with E-state index in [1.54, 1.807) is 19.1 Å². The van der Waals surface area contributed by atoms with Crippen molar-refractivity contribution in [3.8, 4) is 0 Å². The summed E-state index contributed by atoms with van der Waals surface area (Å²) in [6.07, 6.45) is 0.767. The molecular weight excluding hydrogens is 462 g/mol. The van der Waals surface area contributed by atoms with Gasteiger partial charge in [0.1, 0.15) is 22.0 Å². The van der Waals surface area contributed by atoms with Crippen molar-refractivity contribution in [2.45, 2.75) is 37.2 Å². The minimum Gasteiger partial charge on any atom is -0.350 e. The average Bonchev–Trinajstić information content (AvgIpc) is 3.32. The molecule has 0 radical (unpaired) electrons. The van der Waals surface area contributed by atoms with Crippen LogP contribution < -0.4 is 10.6 Å². The number of fused-ring (bicyclic) bond motifs is 1. The Kier molecular flexibility index (Phi) is 7.01. The van der Waals surface area contributed by atoms with Gasteiger partial charge in [0.2, 0.25) is 21.8 Å². The molecule has 1 aliphatic rings. The van der Waals surface area contributed by atoms with Crippen LogP contribution in [0.4, 0.5) is 0 Å². The molecule has 0 aliphatic carbocycles. The van der Waals surface area contributed by atoms with Crippen molar-refractivity contribution >= 4 is 44.6 Å². The number of benzene rings is 2. The van der Waals surface area contributed by atoms with Gasteiger partial charge >= 0.3 is 0 Å². The number of nitrogens with one attached hydrogen (secondary N) is 2. The maximum Gasteiger partial charge on any atom is 0.245 e. The Morgan fingerprint density at radius 1 is 1.09 bits per heavy atom. The van der Waals surface area contributed by atoms with Gasteiger partial charge in [0, 0.05) is 25.6 Å². The summed E-state index contributed by atoms with van der Waals surface area (Å²) in [4.78, 5) is 25.2. The Morgan fingerprint density at radius 2 is 1.82 bits per heavy atom. The number of hydrogen-bond donors (Lipinski definition) is 2. The largest absolute Gasteiger partial charge is 0.350 e. The SMILES string of the molecule is CC(NC(=O)C1CCN(S(=O)(=O)c2cccc3nsnc23)CC1)C(=O)NCc1ccccc1. The zero-order valence-corrected chi connectivity index (χ0v) is 19.7.